The van der Waals surface area contributed by atoms with Crippen LogP contribution in [0, 0.1) is 0 Å². The lowest BCUT2D eigenvalue weighted by Crippen LogP contribution is -1.91. The summed E-state index contributed by atoms with van der Waals surface area (Å²) in [7, 11) is 0. The van der Waals surface area contributed by atoms with Crippen molar-refractivity contribution in [2.24, 2.45) is 0 Å². The maximum absolute atomic E-state index is 9.84. The molecule has 0 unspecified atom stereocenters. The second-order valence-corrected chi connectivity index (χ2v) is 1.58. The Hall–Kier alpha value is -1.78. The number of aliphatic hydroxyl groups is 1. The van der Waals surface area contributed by atoms with E-state index in [1.165, 1.54) is 0 Å². The van der Waals surface area contributed by atoms with E-state index in [0.29, 0.717) is 12.2 Å². The van der Waals surface area contributed by atoms with E-state index in [2.05, 4.69) is 0 Å². The molecule has 0 rings (SSSR count). The molecule has 0 atom stereocenters. The van der Waals surface area contributed by atoms with Gasteiger partial charge in [0.05, 0.1) is 6.08 Å². The monoisotopic (exact) mass is 158 g/mol. The molecule has 0 aromatic carbocycles. The summed E-state index contributed by atoms with van der Waals surface area (Å²) in [6, 6.07) is 0. The first-order valence-electron chi connectivity index (χ1n) is 2.57. The van der Waals surface area contributed by atoms with Gasteiger partial charge in [-0.2, -0.15) is 0 Å². The Morgan fingerprint density at radius 1 is 0.909 bits per heavy atom. The number of aliphatic carboxylic acids is 2. The minimum absolute atomic E-state index is 0.486. The third kappa shape index (κ3) is 6.10. The summed E-state index contributed by atoms with van der Waals surface area (Å²) in [4.78, 5) is 19.7. The molecule has 0 spiro atoms. The van der Waals surface area contributed by atoms with E-state index < -0.39 is 17.7 Å². The molecule has 0 saturated carbocycles. The minimum atomic E-state index is -1.34. The quantitative estimate of drug-likeness (QED) is 0.309. The van der Waals surface area contributed by atoms with E-state index in [4.69, 9.17) is 15.3 Å². The van der Waals surface area contributed by atoms with Crippen molar-refractivity contribution in [2.75, 3.05) is 0 Å². The zero-order valence-electron chi connectivity index (χ0n) is 5.39. The van der Waals surface area contributed by atoms with Crippen LogP contribution in [0.1, 0.15) is 0 Å². The van der Waals surface area contributed by atoms with Crippen LogP contribution in [0.5, 0.6) is 0 Å². The van der Waals surface area contributed by atoms with Crippen LogP contribution >= 0.6 is 0 Å². The number of hydrogen-bond acceptors (Lipinski definition) is 3. The van der Waals surface area contributed by atoms with Gasteiger partial charge in [-0.1, -0.05) is 0 Å². The maximum Gasteiger partial charge on any atom is 0.332 e. The summed E-state index contributed by atoms with van der Waals surface area (Å²) in [5.41, 5.74) is 0. The van der Waals surface area contributed by atoms with Gasteiger partial charge in [0.25, 0.3) is 0 Å². The van der Waals surface area contributed by atoms with E-state index in [0.717, 1.165) is 6.08 Å². The molecule has 0 radical (unpaired) electrons. The van der Waals surface area contributed by atoms with Gasteiger partial charge in [0.1, 0.15) is 5.76 Å². The highest BCUT2D eigenvalue weighted by atomic mass is 16.4. The van der Waals surface area contributed by atoms with Crippen LogP contribution in [0.15, 0.2) is 24.0 Å². The molecule has 5 heteroatoms. The number of carboxylic acid groups (broad SMARTS) is 2. The second kappa shape index (κ2) is 4.10. The van der Waals surface area contributed by atoms with Crippen molar-refractivity contribution in [3.63, 3.8) is 0 Å². The van der Waals surface area contributed by atoms with Crippen molar-refractivity contribution in [2.45, 2.75) is 0 Å². The maximum atomic E-state index is 9.84. The summed E-state index contributed by atoms with van der Waals surface area (Å²) in [6.45, 7) is 0. The van der Waals surface area contributed by atoms with Crippen LogP contribution in [0.25, 0.3) is 0 Å². The van der Waals surface area contributed by atoms with Crippen molar-refractivity contribution in [3.8, 4) is 0 Å². The zero-order valence-corrected chi connectivity index (χ0v) is 5.39. The van der Waals surface area contributed by atoms with E-state index in [1.807, 2.05) is 0 Å². The molecule has 0 saturated heterocycles. The number of allylic oxidation sites excluding steroid dienone is 1. The molecule has 0 amide bonds. The van der Waals surface area contributed by atoms with Crippen LogP contribution in [0.3, 0.4) is 0 Å². The third-order valence-electron chi connectivity index (χ3n) is 0.668. The highest BCUT2D eigenvalue weighted by Gasteiger charge is 1.93. The van der Waals surface area contributed by atoms with Gasteiger partial charge in [-0.3, -0.25) is 0 Å². The van der Waals surface area contributed by atoms with Gasteiger partial charge in [0, 0.05) is 6.08 Å². The molecule has 0 aromatic rings. The lowest BCUT2D eigenvalue weighted by Gasteiger charge is -1.85. The molecule has 0 aliphatic carbocycles. The van der Waals surface area contributed by atoms with Gasteiger partial charge in [-0.05, 0) is 6.08 Å². The number of hydrogen-bond donors (Lipinski definition) is 3. The molecular formula is C6H6O5. The normalized spacial score (nSPS) is 11.8. The molecule has 11 heavy (non-hydrogen) atoms. The fraction of sp³-hybridized carbons (Fsp3) is 0. The van der Waals surface area contributed by atoms with E-state index >= 15 is 0 Å². The van der Waals surface area contributed by atoms with Crippen LogP contribution in [0.4, 0.5) is 0 Å². The molecule has 0 fully saturated rings. The zero-order chi connectivity index (χ0) is 8.85. The van der Waals surface area contributed by atoms with Gasteiger partial charge >= 0.3 is 11.9 Å². The largest absolute Gasteiger partial charge is 0.508 e. The molecule has 5 nitrogen and oxygen atoms in total. The highest BCUT2D eigenvalue weighted by molar-refractivity contribution is 5.83. The number of rotatable bonds is 3. The van der Waals surface area contributed by atoms with Gasteiger partial charge in [0.2, 0.25) is 0 Å². The first-order valence-corrected chi connectivity index (χ1v) is 2.57. The van der Waals surface area contributed by atoms with Gasteiger partial charge in [-0.25, -0.2) is 9.59 Å². The van der Waals surface area contributed by atoms with Crippen LogP contribution < -0.4 is 0 Å². The van der Waals surface area contributed by atoms with Crippen LogP contribution in [-0.4, -0.2) is 27.3 Å². The topological polar surface area (TPSA) is 94.8 Å². The molecule has 3 N–H and O–H groups in total. The fourth-order valence-electron chi connectivity index (χ4n) is 0.331. The Labute approximate surface area is 61.9 Å². The summed E-state index contributed by atoms with van der Waals surface area (Å²) in [5, 5.41) is 24.7. The van der Waals surface area contributed by atoms with Crippen LogP contribution in [0.2, 0.25) is 0 Å². The Morgan fingerprint density at radius 3 is 1.82 bits per heavy atom. The van der Waals surface area contributed by atoms with Crippen molar-refractivity contribution in [1.82, 2.24) is 0 Å². The SMILES string of the molecule is O=C(O)/C=C\C(O)=C\C(=O)O. The number of carboxylic acids is 2. The number of aliphatic hydroxyl groups excluding tert-OH is 1. The van der Waals surface area contributed by atoms with Gasteiger partial charge in [0.15, 0.2) is 0 Å². The molecule has 60 valence electrons. The molecule has 0 heterocycles. The fourth-order valence-corrected chi connectivity index (χ4v) is 0.331. The van der Waals surface area contributed by atoms with E-state index in [1.54, 1.807) is 0 Å². The molecule has 0 bridgehead atoms. The highest BCUT2D eigenvalue weighted by Crippen LogP contribution is 1.89. The molecular weight excluding hydrogens is 152 g/mol. The predicted molar refractivity (Wildman–Crippen MR) is 35.1 cm³/mol. The molecule has 0 aliphatic rings. The van der Waals surface area contributed by atoms with Gasteiger partial charge in [-0.15, -0.1) is 0 Å². The summed E-state index contributed by atoms with van der Waals surface area (Å²) < 4.78 is 0. The predicted octanol–water partition coefficient (Wildman–Crippen LogP) is 0.154. The van der Waals surface area contributed by atoms with Gasteiger partial charge < -0.3 is 15.3 Å². The Morgan fingerprint density at radius 2 is 1.45 bits per heavy atom. The third-order valence-corrected chi connectivity index (χ3v) is 0.668. The van der Waals surface area contributed by atoms with Crippen molar-refractivity contribution >= 4 is 11.9 Å². The smallest absolute Gasteiger partial charge is 0.332 e. The molecule has 0 aliphatic heterocycles. The summed E-state index contributed by atoms with van der Waals surface area (Å²) >= 11 is 0. The first-order chi connectivity index (χ1) is 5.02. The Bertz CT molecular complexity index is 225. The Kier molecular flexibility index (Phi) is 3.44. The van der Waals surface area contributed by atoms with E-state index in [-0.39, 0.29) is 0 Å². The second-order valence-electron chi connectivity index (χ2n) is 1.58. The number of carbonyl (C=O) groups is 2. The lowest BCUT2D eigenvalue weighted by atomic mass is 10.4. The van der Waals surface area contributed by atoms with E-state index in [9.17, 15) is 9.59 Å². The summed E-state index contributed by atoms with van der Waals surface area (Å²) in [5.74, 6) is -3.20. The average molecular weight is 158 g/mol. The lowest BCUT2D eigenvalue weighted by molar-refractivity contribution is -0.132. The standard InChI is InChI=1S/C6H6O5/c7-4(3-6(10)11)1-2-5(8)9/h1-3,7H,(H,8,9)(H,10,11)/b2-1-,4-3-. The minimum Gasteiger partial charge on any atom is -0.508 e. The first kappa shape index (κ1) is 9.22. The van der Waals surface area contributed by atoms with Crippen molar-refractivity contribution < 1.29 is 24.9 Å². The van der Waals surface area contributed by atoms with Crippen molar-refractivity contribution in [1.29, 1.82) is 0 Å². The average Bonchev–Trinajstić information content (AvgIpc) is 1.82. The van der Waals surface area contributed by atoms with Crippen molar-refractivity contribution in [3.05, 3.63) is 24.0 Å². The van der Waals surface area contributed by atoms with Crippen LogP contribution in [-0.2, 0) is 9.59 Å². The molecule has 0 aromatic heterocycles. The summed E-state index contributed by atoms with van der Waals surface area (Å²) in [6.07, 6.45) is 1.89. The Balaban J connectivity index is 4.17.